The quantitative estimate of drug-likeness (QED) is 0.921. The van der Waals surface area contributed by atoms with Crippen LogP contribution in [-0.4, -0.2) is 17.8 Å². The van der Waals surface area contributed by atoms with Gasteiger partial charge in [-0.1, -0.05) is 49.4 Å². The monoisotopic (exact) mass is 322 g/mol. The first-order valence-corrected chi connectivity index (χ1v) is 9.02. The minimum atomic E-state index is -0.586. The van der Waals surface area contributed by atoms with Gasteiger partial charge in [0.25, 0.3) is 0 Å². The fraction of sp³-hybridized carbons (Fsp3) is 0.455. The molecule has 2 aromatic rings. The van der Waals surface area contributed by atoms with Gasteiger partial charge in [0.2, 0.25) is 0 Å². The lowest BCUT2D eigenvalue weighted by Gasteiger charge is -2.23. The maximum Gasteiger partial charge on any atom is 0.0852 e. The van der Waals surface area contributed by atoms with Crippen LogP contribution in [0.15, 0.2) is 42.5 Å². The first kappa shape index (κ1) is 15.9. The highest BCUT2D eigenvalue weighted by molar-refractivity contribution is 5.42. The van der Waals surface area contributed by atoms with Crippen LogP contribution in [0, 0.1) is 5.92 Å². The van der Waals surface area contributed by atoms with E-state index >= 15 is 0 Å². The minimum absolute atomic E-state index is 0.221. The van der Waals surface area contributed by atoms with Crippen molar-refractivity contribution < 1.29 is 9.84 Å². The Morgan fingerprint density at radius 1 is 1.08 bits per heavy atom. The summed E-state index contributed by atoms with van der Waals surface area (Å²) in [5.74, 6) is 0.532. The fourth-order valence-corrected chi connectivity index (χ4v) is 4.72. The standard InChI is InChI=1S/C22H26O2/c1-15-12-20-16(8-5-9-19(20)21(15)24-2)10-11-22(23)13-17-6-3-4-7-18(17)14-22/h3-9,15,21,23H,10-14H2,1-2H3. The molecular weight excluding hydrogens is 296 g/mol. The Balaban J connectivity index is 1.51. The Kier molecular flexibility index (Phi) is 3.98. The van der Waals surface area contributed by atoms with Gasteiger partial charge >= 0.3 is 0 Å². The van der Waals surface area contributed by atoms with Crippen molar-refractivity contribution in [1.82, 2.24) is 0 Å². The van der Waals surface area contributed by atoms with Gasteiger partial charge < -0.3 is 9.84 Å². The number of ether oxygens (including phenoxy) is 1. The predicted octanol–water partition coefficient (Wildman–Crippen LogP) is 4.03. The third-order valence-electron chi connectivity index (χ3n) is 5.93. The molecule has 2 atom stereocenters. The first-order valence-electron chi connectivity index (χ1n) is 9.02. The molecule has 126 valence electrons. The Hall–Kier alpha value is -1.64. The van der Waals surface area contributed by atoms with Crippen molar-refractivity contribution in [2.24, 2.45) is 5.92 Å². The second-order valence-electron chi connectivity index (χ2n) is 7.67. The van der Waals surface area contributed by atoms with Crippen LogP contribution in [0.3, 0.4) is 0 Å². The molecule has 1 N–H and O–H groups in total. The summed E-state index contributed by atoms with van der Waals surface area (Å²) < 4.78 is 5.70. The number of benzene rings is 2. The topological polar surface area (TPSA) is 29.5 Å². The zero-order valence-corrected chi connectivity index (χ0v) is 14.6. The molecule has 2 heteroatoms. The molecule has 2 aromatic carbocycles. The molecule has 2 aliphatic carbocycles. The molecule has 2 unspecified atom stereocenters. The molecular formula is C22H26O2. The van der Waals surface area contributed by atoms with Gasteiger partial charge in [0.1, 0.15) is 0 Å². The third kappa shape index (κ3) is 2.68. The Morgan fingerprint density at radius 2 is 1.79 bits per heavy atom. The van der Waals surface area contributed by atoms with E-state index in [1.807, 2.05) is 0 Å². The van der Waals surface area contributed by atoms with Crippen LogP contribution in [0.5, 0.6) is 0 Å². The van der Waals surface area contributed by atoms with Crippen molar-refractivity contribution in [3.05, 3.63) is 70.3 Å². The molecule has 0 saturated heterocycles. The Bertz CT molecular complexity index is 724. The predicted molar refractivity (Wildman–Crippen MR) is 96.2 cm³/mol. The summed E-state index contributed by atoms with van der Waals surface area (Å²) in [6.45, 7) is 2.26. The summed E-state index contributed by atoms with van der Waals surface area (Å²) >= 11 is 0. The molecule has 0 saturated carbocycles. The van der Waals surface area contributed by atoms with Gasteiger partial charge in [0, 0.05) is 20.0 Å². The number of methoxy groups -OCH3 is 1. The van der Waals surface area contributed by atoms with E-state index in [4.69, 9.17) is 4.74 Å². The highest BCUT2D eigenvalue weighted by atomic mass is 16.5. The first-order chi connectivity index (χ1) is 11.6. The molecule has 2 nitrogen and oxygen atoms in total. The second kappa shape index (κ2) is 6.02. The maximum absolute atomic E-state index is 11.0. The summed E-state index contributed by atoms with van der Waals surface area (Å²) in [7, 11) is 1.81. The summed E-state index contributed by atoms with van der Waals surface area (Å²) in [6.07, 6.45) is 4.65. The number of hydrogen-bond acceptors (Lipinski definition) is 2. The maximum atomic E-state index is 11.0. The van der Waals surface area contributed by atoms with Crippen molar-refractivity contribution in [3.8, 4) is 0 Å². The summed E-state index contributed by atoms with van der Waals surface area (Å²) in [5, 5.41) is 11.0. The fourth-order valence-electron chi connectivity index (χ4n) is 4.72. The van der Waals surface area contributed by atoms with E-state index in [-0.39, 0.29) is 6.10 Å². The minimum Gasteiger partial charge on any atom is -0.389 e. The van der Waals surface area contributed by atoms with Gasteiger partial charge in [-0.2, -0.15) is 0 Å². The van der Waals surface area contributed by atoms with Crippen LogP contribution >= 0.6 is 0 Å². The molecule has 0 amide bonds. The molecule has 0 aliphatic heterocycles. The van der Waals surface area contributed by atoms with Crippen molar-refractivity contribution in [2.45, 2.75) is 50.7 Å². The van der Waals surface area contributed by atoms with Crippen LogP contribution in [0.2, 0.25) is 0 Å². The normalized spacial score (nSPS) is 24.0. The SMILES string of the molecule is COC1c2cccc(CCC3(O)Cc4ccccc4C3)c2CC1C. The Labute approximate surface area is 144 Å². The van der Waals surface area contributed by atoms with Crippen molar-refractivity contribution >= 4 is 0 Å². The van der Waals surface area contributed by atoms with Crippen LogP contribution in [-0.2, 0) is 30.4 Å². The van der Waals surface area contributed by atoms with Crippen molar-refractivity contribution in [2.75, 3.05) is 7.11 Å². The highest BCUT2D eigenvalue weighted by Gasteiger charge is 2.35. The van der Waals surface area contributed by atoms with E-state index in [9.17, 15) is 5.11 Å². The molecule has 2 aliphatic rings. The second-order valence-corrected chi connectivity index (χ2v) is 7.67. The number of aliphatic hydroxyl groups is 1. The van der Waals surface area contributed by atoms with Gasteiger partial charge in [-0.3, -0.25) is 0 Å². The summed E-state index contributed by atoms with van der Waals surface area (Å²) in [6, 6.07) is 15.0. The lowest BCUT2D eigenvalue weighted by Crippen LogP contribution is -2.30. The molecule has 0 aromatic heterocycles. The molecule has 0 heterocycles. The third-order valence-corrected chi connectivity index (χ3v) is 5.93. The largest absolute Gasteiger partial charge is 0.389 e. The average molecular weight is 322 g/mol. The van der Waals surface area contributed by atoms with E-state index in [1.54, 1.807) is 7.11 Å². The van der Waals surface area contributed by atoms with Crippen molar-refractivity contribution in [3.63, 3.8) is 0 Å². The van der Waals surface area contributed by atoms with Crippen LogP contribution in [0.1, 0.15) is 47.3 Å². The average Bonchev–Trinajstić information content (AvgIpc) is 3.08. The number of fused-ring (bicyclic) bond motifs is 2. The van der Waals surface area contributed by atoms with E-state index in [0.717, 1.165) is 32.1 Å². The Morgan fingerprint density at radius 3 is 2.46 bits per heavy atom. The molecule has 0 radical (unpaired) electrons. The smallest absolute Gasteiger partial charge is 0.0852 e. The molecule has 0 fully saturated rings. The lowest BCUT2D eigenvalue weighted by molar-refractivity contribution is 0.0426. The molecule has 0 spiro atoms. The van der Waals surface area contributed by atoms with E-state index in [1.165, 1.54) is 27.8 Å². The number of aryl methyl sites for hydroxylation is 1. The molecule has 24 heavy (non-hydrogen) atoms. The molecule has 4 rings (SSSR count). The van der Waals surface area contributed by atoms with E-state index in [2.05, 4.69) is 49.4 Å². The van der Waals surface area contributed by atoms with Gasteiger partial charge in [-0.25, -0.2) is 0 Å². The van der Waals surface area contributed by atoms with Crippen LogP contribution in [0.4, 0.5) is 0 Å². The zero-order chi connectivity index (χ0) is 16.7. The summed E-state index contributed by atoms with van der Waals surface area (Å²) in [4.78, 5) is 0. The highest BCUT2D eigenvalue weighted by Crippen LogP contribution is 2.41. The van der Waals surface area contributed by atoms with Crippen LogP contribution < -0.4 is 0 Å². The van der Waals surface area contributed by atoms with E-state index in [0.29, 0.717) is 5.92 Å². The van der Waals surface area contributed by atoms with Crippen molar-refractivity contribution in [1.29, 1.82) is 0 Å². The van der Waals surface area contributed by atoms with E-state index < -0.39 is 5.60 Å². The molecule has 0 bridgehead atoms. The number of hydrogen-bond donors (Lipinski definition) is 1. The zero-order valence-electron chi connectivity index (χ0n) is 14.6. The van der Waals surface area contributed by atoms with Gasteiger partial charge in [0.15, 0.2) is 0 Å². The van der Waals surface area contributed by atoms with Gasteiger partial charge in [-0.15, -0.1) is 0 Å². The van der Waals surface area contributed by atoms with Crippen LogP contribution in [0.25, 0.3) is 0 Å². The van der Waals surface area contributed by atoms with Gasteiger partial charge in [0.05, 0.1) is 11.7 Å². The summed E-state index contributed by atoms with van der Waals surface area (Å²) in [5.41, 5.74) is 6.23. The number of rotatable bonds is 4. The van der Waals surface area contributed by atoms with Gasteiger partial charge in [-0.05, 0) is 53.0 Å². The lowest BCUT2D eigenvalue weighted by atomic mass is 9.90.